The first kappa shape index (κ1) is 17.8. The summed E-state index contributed by atoms with van der Waals surface area (Å²) < 4.78 is 38.4. The summed E-state index contributed by atoms with van der Waals surface area (Å²) in [5, 5.41) is 9.95. The lowest BCUT2D eigenvalue weighted by atomic mass is 10.0. The SMILES string of the molecule is CN1CCc2nc(SCc3cccc(C(F)(F)F)c3)c(C#N)cc2C1. The van der Waals surface area contributed by atoms with Crippen LogP contribution in [0.15, 0.2) is 35.4 Å². The molecule has 1 aliphatic heterocycles. The van der Waals surface area contributed by atoms with Crippen molar-refractivity contribution in [2.45, 2.75) is 29.9 Å². The molecule has 25 heavy (non-hydrogen) atoms. The number of benzene rings is 1. The first-order valence-electron chi connectivity index (χ1n) is 7.77. The number of rotatable bonds is 3. The van der Waals surface area contributed by atoms with Gasteiger partial charge >= 0.3 is 6.18 Å². The Kier molecular flexibility index (Phi) is 5.02. The first-order chi connectivity index (χ1) is 11.9. The molecule has 0 aliphatic carbocycles. The minimum atomic E-state index is -4.35. The molecule has 3 rings (SSSR count). The van der Waals surface area contributed by atoms with Crippen molar-refractivity contribution in [1.29, 1.82) is 5.26 Å². The summed E-state index contributed by atoms with van der Waals surface area (Å²) in [6.07, 6.45) is -3.54. The van der Waals surface area contributed by atoms with Crippen molar-refractivity contribution < 1.29 is 13.2 Å². The van der Waals surface area contributed by atoms with Gasteiger partial charge in [0.25, 0.3) is 0 Å². The Hall–Kier alpha value is -2.04. The molecule has 7 heteroatoms. The number of thioether (sulfide) groups is 1. The van der Waals surface area contributed by atoms with Crippen LogP contribution in [0, 0.1) is 11.3 Å². The number of pyridine rings is 1. The van der Waals surface area contributed by atoms with Gasteiger partial charge < -0.3 is 4.90 Å². The van der Waals surface area contributed by atoms with Crippen LogP contribution >= 0.6 is 11.8 Å². The molecule has 2 heterocycles. The van der Waals surface area contributed by atoms with Gasteiger partial charge in [0.05, 0.1) is 11.1 Å². The second-order valence-corrected chi connectivity index (χ2v) is 7.00. The Morgan fingerprint density at radius 3 is 2.84 bits per heavy atom. The molecule has 3 nitrogen and oxygen atoms in total. The molecule has 0 unspecified atom stereocenters. The second kappa shape index (κ2) is 7.06. The van der Waals surface area contributed by atoms with E-state index in [1.165, 1.54) is 17.8 Å². The van der Waals surface area contributed by atoms with Crippen molar-refractivity contribution in [3.05, 3.63) is 58.3 Å². The van der Waals surface area contributed by atoms with E-state index in [1.54, 1.807) is 6.07 Å². The van der Waals surface area contributed by atoms with Crippen molar-refractivity contribution in [3.63, 3.8) is 0 Å². The number of hydrogen-bond donors (Lipinski definition) is 0. The minimum Gasteiger partial charge on any atom is -0.302 e. The number of nitrogens with zero attached hydrogens (tertiary/aromatic N) is 3. The zero-order chi connectivity index (χ0) is 18.0. The van der Waals surface area contributed by atoms with Crippen molar-refractivity contribution in [2.75, 3.05) is 13.6 Å². The Balaban J connectivity index is 1.81. The predicted molar refractivity (Wildman–Crippen MR) is 90.0 cm³/mol. The fourth-order valence-electron chi connectivity index (χ4n) is 2.77. The van der Waals surface area contributed by atoms with Gasteiger partial charge in [-0.05, 0) is 30.3 Å². The zero-order valence-corrected chi connectivity index (χ0v) is 14.4. The van der Waals surface area contributed by atoms with E-state index in [0.717, 1.165) is 42.9 Å². The average Bonchev–Trinajstić information content (AvgIpc) is 2.58. The lowest BCUT2D eigenvalue weighted by Crippen LogP contribution is -2.27. The van der Waals surface area contributed by atoms with Crippen LogP contribution in [0.1, 0.15) is 27.9 Å². The Labute approximate surface area is 148 Å². The van der Waals surface area contributed by atoms with Crippen LogP contribution < -0.4 is 0 Å². The van der Waals surface area contributed by atoms with Crippen LogP contribution in [0.3, 0.4) is 0 Å². The van der Waals surface area contributed by atoms with E-state index in [2.05, 4.69) is 16.0 Å². The molecule has 2 aromatic rings. The van der Waals surface area contributed by atoms with Gasteiger partial charge in [-0.3, -0.25) is 0 Å². The Morgan fingerprint density at radius 2 is 2.12 bits per heavy atom. The highest BCUT2D eigenvalue weighted by molar-refractivity contribution is 7.98. The summed E-state index contributed by atoms with van der Waals surface area (Å²) >= 11 is 1.30. The Morgan fingerprint density at radius 1 is 1.32 bits per heavy atom. The van der Waals surface area contributed by atoms with Crippen LogP contribution in [0.25, 0.3) is 0 Å². The highest BCUT2D eigenvalue weighted by atomic mass is 32.2. The number of hydrogen-bond acceptors (Lipinski definition) is 4. The summed E-state index contributed by atoms with van der Waals surface area (Å²) in [7, 11) is 2.02. The van der Waals surface area contributed by atoms with Gasteiger partial charge in [-0.1, -0.05) is 18.2 Å². The van der Waals surface area contributed by atoms with Gasteiger partial charge in [0.1, 0.15) is 11.1 Å². The largest absolute Gasteiger partial charge is 0.416 e. The topological polar surface area (TPSA) is 39.9 Å². The number of likely N-dealkylation sites (N-methyl/N-ethyl adjacent to an activating group) is 1. The lowest BCUT2D eigenvalue weighted by Gasteiger charge is -2.24. The average molecular weight is 363 g/mol. The van der Waals surface area contributed by atoms with Crippen LogP contribution in [-0.2, 0) is 24.9 Å². The molecule has 0 radical (unpaired) electrons. The van der Waals surface area contributed by atoms with Crippen molar-refractivity contribution in [2.24, 2.45) is 0 Å². The van der Waals surface area contributed by atoms with Crippen LogP contribution in [0.5, 0.6) is 0 Å². The normalized spacial score (nSPS) is 14.8. The molecule has 0 atom stereocenters. The fourth-order valence-corrected chi connectivity index (χ4v) is 3.69. The van der Waals surface area contributed by atoms with Crippen molar-refractivity contribution >= 4 is 11.8 Å². The maximum Gasteiger partial charge on any atom is 0.416 e. The van der Waals surface area contributed by atoms with E-state index in [1.807, 2.05) is 13.1 Å². The van der Waals surface area contributed by atoms with E-state index in [9.17, 15) is 18.4 Å². The smallest absolute Gasteiger partial charge is 0.302 e. The summed E-state index contributed by atoms with van der Waals surface area (Å²) in [6, 6.07) is 9.26. The molecule has 0 amide bonds. The number of fused-ring (bicyclic) bond motifs is 1. The van der Waals surface area contributed by atoms with Gasteiger partial charge in [0, 0.05) is 31.0 Å². The number of nitriles is 1. The summed E-state index contributed by atoms with van der Waals surface area (Å²) in [5.74, 6) is 0.338. The third-order valence-electron chi connectivity index (χ3n) is 4.08. The standard InChI is InChI=1S/C18H16F3N3S/c1-24-6-5-16-14(10-24)8-13(9-22)17(23-16)25-11-12-3-2-4-15(7-12)18(19,20)21/h2-4,7-8H,5-6,10-11H2,1H3. The van der Waals surface area contributed by atoms with E-state index in [4.69, 9.17) is 0 Å². The maximum atomic E-state index is 12.8. The number of alkyl halides is 3. The van der Waals surface area contributed by atoms with Crippen LogP contribution in [0.4, 0.5) is 13.2 Å². The molecule has 0 fully saturated rings. The van der Waals surface area contributed by atoms with E-state index in [0.29, 0.717) is 21.9 Å². The van der Waals surface area contributed by atoms with E-state index >= 15 is 0 Å². The van der Waals surface area contributed by atoms with Crippen LogP contribution in [0.2, 0.25) is 0 Å². The van der Waals surface area contributed by atoms with Gasteiger partial charge in [-0.15, -0.1) is 11.8 Å². The van der Waals surface area contributed by atoms with E-state index < -0.39 is 11.7 Å². The second-order valence-electron chi connectivity index (χ2n) is 6.03. The molecule has 1 aromatic carbocycles. The molecule has 0 bridgehead atoms. The highest BCUT2D eigenvalue weighted by Gasteiger charge is 2.30. The lowest BCUT2D eigenvalue weighted by molar-refractivity contribution is -0.137. The van der Waals surface area contributed by atoms with Gasteiger partial charge in [-0.25, -0.2) is 4.98 Å². The maximum absolute atomic E-state index is 12.8. The molecule has 0 saturated heterocycles. The highest BCUT2D eigenvalue weighted by Crippen LogP contribution is 2.32. The molecule has 0 saturated carbocycles. The summed E-state index contributed by atoms with van der Waals surface area (Å²) in [6.45, 7) is 1.67. The third kappa shape index (κ3) is 4.14. The minimum absolute atomic E-state index is 0.338. The molecule has 1 aromatic heterocycles. The molecule has 130 valence electrons. The molecule has 0 spiro atoms. The number of aromatic nitrogens is 1. The molecule has 0 N–H and O–H groups in total. The first-order valence-corrected chi connectivity index (χ1v) is 8.76. The molecular weight excluding hydrogens is 347 g/mol. The Bertz CT molecular complexity index is 827. The molecule has 1 aliphatic rings. The quantitative estimate of drug-likeness (QED) is 0.765. The van der Waals surface area contributed by atoms with Crippen molar-refractivity contribution in [1.82, 2.24) is 9.88 Å². The number of halogens is 3. The molecular formula is C18H16F3N3S. The summed E-state index contributed by atoms with van der Waals surface area (Å²) in [4.78, 5) is 6.76. The van der Waals surface area contributed by atoms with Gasteiger partial charge in [-0.2, -0.15) is 18.4 Å². The van der Waals surface area contributed by atoms with Gasteiger partial charge in [0.2, 0.25) is 0 Å². The fraction of sp³-hybridized carbons (Fsp3) is 0.333. The monoisotopic (exact) mass is 363 g/mol. The van der Waals surface area contributed by atoms with E-state index in [-0.39, 0.29) is 0 Å². The predicted octanol–water partition coefficient (Wildman–Crippen LogP) is 4.25. The zero-order valence-electron chi connectivity index (χ0n) is 13.6. The van der Waals surface area contributed by atoms with Crippen LogP contribution in [-0.4, -0.2) is 23.5 Å². The van der Waals surface area contributed by atoms with Gasteiger partial charge in [0.15, 0.2) is 0 Å². The van der Waals surface area contributed by atoms with Crippen molar-refractivity contribution in [3.8, 4) is 6.07 Å². The third-order valence-corrected chi connectivity index (χ3v) is 5.14. The summed E-state index contributed by atoms with van der Waals surface area (Å²) in [5.41, 5.74) is 2.40.